The molecule has 0 spiro atoms. The summed E-state index contributed by atoms with van der Waals surface area (Å²) in [6, 6.07) is 0. The van der Waals surface area contributed by atoms with Crippen LogP contribution in [0.3, 0.4) is 0 Å². The molecule has 0 bridgehead atoms. The fourth-order valence-electron chi connectivity index (χ4n) is 3.62. The second kappa shape index (κ2) is 6.74. The van der Waals surface area contributed by atoms with Crippen molar-refractivity contribution < 1.29 is 0 Å². The van der Waals surface area contributed by atoms with Crippen molar-refractivity contribution in [3.05, 3.63) is 24.3 Å². The Bertz CT molecular complexity index is 383. The average molecular weight is 273 g/mol. The molecule has 1 nitrogen and oxygen atoms in total. The lowest BCUT2D eigenvalue weighted by atomic mass is 9.73. The van der Waals surface area contributed by atoms with E-state index in [9.17, 15) is 0 Å². The third-order valence-electron chi connectivity index (χ3n) is 5.12. The van der Waals surface area contributed by atoms with E-state index in [2.05, 4.69) is 63.2 Å². The molecule has 0 saturated heterocycles. The van der Waals surface area contributed by atoms with Gasteiger partial charge in [0.15, 0.2) is 0 Å². The summed E-state index contributed by atoms with van der Waals surface area (Å²) in [4.78, 5) is 4.51. The maximum absolute atomic E-state index is 4.51. The van der Waals surface area contributed by atoms with Gasteiger partial charge in [0.25, 0.3) is 0 Å². The zero-order valence-corrected chi connectivity index (χ0v) is 13.7. The van der Waals surface area contributed by atoms with Crippen LogP contribution in [0.25, 0.3) is 0 Å². The second-order valence-corrected chi connectivity index (χ2v) is 7.55. The Hall–Kier alpha value is -0.850. The number of hydrogen-bond donors (Lipinski definition) is 0. The zero-order valence-electron chi connectivity index (χ0n) is 13.7. The number of rotatable bonds is 1. The number of hydrogen-bond acceptors (Lipinski definition) is 1. The van der Waals surface area contributed by atoms with Gasteiger partial charge in [-0.25, -0.2) is 0 Å². The van der Waals surface area contributed by atoms with Crippen molar-refractivity contribution in [2.45, 2.75) is 53.4 Å². The molecule has 4 atom stereocenters. The highest BCUT2D eigenvalue weighted by atomic mass is 14.7. The Morgan fingerprint density at radius 1 is 1.15 bits per heavy atom. The average Bonchev–Trinajstić information content (AvgIpc) is 2.42. The van der Waals surface area contributed by atoms with Crippen molar-refractivity contribution in [3.63, 3.8) is 0 Å². The zero-order chi connectivity index (χ0) is 14.6. The van der Waals surface area contributed by atoms with Crippen molar-refractivity contribution in [3.8, 4) is 0 Å². The van der Waals surface area contributed by atoms with Gasteiger partial charge < -0.3 is 0 Å². The topological polar surface area (TPSA) is 12.4 Å². The van der Waals surface area contributed by atoms with Gasteiger partial charge >= 0.3 is 0 Å². The molecule has 4 unspecified atom stereocenters. The Balaban J connectivity index is 2.22. The first-order valence-electron chi connectivity index (χ1n) is 8.35. The van der Waals surface area contributed by atoms with E-state index in [-0.39, 0.29) is 0 Å². The molecule has 0 aromatic heterocycles. The molecule has 0 radical (unpaired) electrons. The highest BCUT2D eigenvalue weighted by Gasteiger charge is 2.28. The Labute approximate surface area is 125 Å². The maximum atomic E-state index is 4.51. The molecule has 1 aliphatic heterocycles. The van der Waals surface area contributed by atoms with Gasteiger partial charge in [-0.2, -0.15) is 0 Å². The van der Waals surface area contributed by atoms with Crippen molar-refractivity contribution >= 4 is 6.21 Å². The Morgan fingerprint density at radius 2 is 1.95 bits per heavy atom. The van der Waals surface area contributed by atoms with Crippen LogP contribution in [0.2, 0.25) is 0 Å². The van der Waals surface area contributed by atoms with Crippen LogP contribution >= 0.6 is 0 Å². The quantitative estimate of drug-likeness (QED) is 0.576. The molecular formula is C19H31N. The SMILES string of the molecule is CCC1C=CC(C(C)(C)C)CCC=CC2CN=CCC12. The van der Waals surface area contributed by atoms with Crippen LogP contribution in [-0.4, -0.2) is 12.8 Å². The molecule has 0 aromatic rings. The third kappa shape index (κ3) is 3.84. The van der Waals surface area contributed by atoms with Gasteiger partial charge in [-0.05, 0) is 55.1 Å². The number of fused-ring (bicyclic) bond motifs is 1. The molecule has 1 aliphatic carbocycles. The second-order valence-electron chi connectivity index (χ2n) is 7.55. The van der Waals surface area contributed by atoms with Crippen LogP contribution in [0, 0.1) is 29.1 Å². The Morgan fingerprint density at radius 3 is 2.65 bits per heavy atom. The van der Waals surface area contributed by atoms with Gasteiger partial charge in [0.2, 0.25) is 0 Å². The number of allylic oxidation sites excluding steroid dienone is 3. The van der Waals surface area contributed by atoms with Crippen molar-refractivity contribution in [2.24, 2.45) is 34.1 Å². The first kappa shape index (κ1) is 15.5. The lowest BCUT2D eigenvalue weighted by Crippen LogP contribution is -2.27. The normalized spacial score (nSPS) is 34.8. The van der Waals surface area contributed by atoms with Crippen LogP contribution in [0.1, 0.15) is 53.4 Å². The standard InChI is InChI=1S/C19H31N/c1-5-15-10-11-17(19(2,3)4)9-7-6-8-16-14-20-13-12-18(15)16/h6,8,10-11,13,15-18H,5,7,9,12,14H2,1-4H3. The maximum Gasteiger partial charge on any atom is 0.0451 e. The third-order valence-corrected chi connectivity index (χ3v) is 5.12. The molecule has 0 aromatic carbocycles. The van der Waals surface area contributed by atoms with E-state index in [0.29, 0.717) is 23.2 Å². The summed E-state index contributed by atoms with van der Waals surface area (Å²) in [6.07, 6.45) is 17.0. The van der Waals surface area contributed by atoms with Crippen molar-refractivity contribution in [1.29, 1.82) is 0 Å². The van der Waals surface area contributed by atoms with E-state index in [1.165, 1.54) is 19.3 Å². The van der Waals surface area contributed by atoms with E-state index < -0.39 is 0 Å². The molecule has 1 heterocycles. The van der Waals surface area contributed by atoms with Crippen LogP contribution in [-0.2, 0) is 0 Å². The summed E-state index contributed by atoms with van der Waals surface area (Å²) in [5.74, 6) is 2.80. The van der Waals surface area contributed by atoms with Gasteiger partial charge in [-0.1, -0.05) is 52.0 Å². The molecule has 0 N–H and O–H groups in total. The molecule has 2 rings (SSSR count). The fourth-order valence-corrected chi connectivity index (χ4v) is 3.62. The predicted molar refractivity (Wildman–Crippen MR) is 89.2 cm³/mol. The summed E-state index contributed by atoms with van der Waals surface area (Å²) in [7, 11) is 0. The molecule has 20 heavy (non-hydrogen) atoms. The van der Waals surface area contributed by atoms with E-state index in [0.717, 1.165) is 18.9 Å². The summed E-state index contributed by atoms with van der Waals surface area (Å²) in [5, 5.41) is 0. The van der Waals surface area contributed by atoms with Gasteiger partial charge in [0.1, 0.15) is 0 Å². The number of aliphatic imine (C=N–C) groups is 1. The van der Waals surface area contributed by atoms with Gasteiger partial charge in [-0.3, -0.25) is 4.99 Å². The molecule has 1 heteroatoms. The van der Waals surface area contributed by atoms with Crippen molar-refractivity contribution in [1.82, 2.24) is 0 Å². The van der Waals surface area contributed by atoms with Gasteiger partial charge in [-0.15, -0.1) is 0 Å². The monoisotopic (exact) mass is 273 g/mol. The summed E-state index contributed by atoms with van der Waals surface area (Å²) >= 11 is 0. The first-order valence-corrected chi connectivity index (χ1v) is 8.35. The van der Waals surface area contributed by atoms with E-state index in [4.69, 9.17) is 0 Å². The molecule has 112 valence electrons. The van der Waals surface area contributed by atoms with E-state index in [1.807, 2.05) is 0 Å². The van der Waals surface area contributed by atoms with Crippen LogP contribution in [0.4, 0.5) is 0 Å². The molecule has 2 aliphatic rings. The largest absolute Gasteiger partial charge is 0.297 e. The smallest absolute Gasteiger partial charge is 0.0451 e. The molecule has 0 saturated carbocycles. The lowest BCUT2D eigenvalue weighted by molar-refractivity contribution is 0.268. The number of nitrogens with zero attached hydrogens (tertiary/aromatic N) is 1. The summed E-state index contributed by atoms with van der Waals surface area (Å²) < 4.78 is 0. The van der Waals surface area contributed by atoms with Crippen LogP contribution in [0.5, 0.6) is 0 Å². The summed E-state index contributed by atoms with van der Waals surface area (Å²) in [6.45, 7) is 10.4. The minimum absolute atomic E-state index is 0.370. The molecule has 0 fully saturated rings. The minimum atomic E-state index is 0.370. The minimum Gasteiger partial charge on any atom is -0.297 e. The van der Waals surface area contributed by atoms with Crippen LogP contribution in [0.15, 0.2) is 29.3 Å². The van der Waals surface area contributed by atoms with Crippen LogP contribution < -0.4 is 0 Å². The van der Waals surface area contributed by atoms with E-state index >= 15 is 0 Å². The molecular weight excluding hydrogens is 242 g/mol. The Kier molecular flexibility index (Phi) is 5.23. The first-order chi connectivity index (χ1) is 9.52. The fraction of sp³-hybridized carbons (Fsp3) is 0.737. The van der Waals surface area contributed by atoms with Gasteiger partial charge in [0.05, 0.1) is 0 Å². The van der Waals surface area contributed by atoms with E-state index in [1.54, 1.807) is 0 Å². The lowest BCUT2D eigenvalue weighted by Gasteiger charge is -2.33. The molecule has 0 amide bonds. The highest BCUT2D eigenvalue weighted by Crippen LogP contribution is 2.36. The summed E-state index contributed by atoms with van der Waals surface area (Å²) in [5.41, 5.74) is 0.370. The van der Waals surface area contributed by atoms with Gasteiger partial charge in [0, 0.05) is 12.5 Å². The van der Waals surface area contributed by atoms with Crippen molar-refractivity contribution in [2.75, 3.05) is 6.54 Å². The highest BCUT2D eigenvalue weighted by molar-refractivity contribution is 5.59. The predicted octanol–water partition coefficient (Wildman–Crippen LogP) is 5.29.